The van der Waals surface area contributed by atoms with Gasteiger partial charge in [-0.15, -0.1) is 0 Å². The Morgan fingerprint density at radius 2 is 1.63 bits per heavy atom. The molecule has 2 heterocycles. The zero-order valence-electron chi connectivity index (χ0n) is 19.7. The van der Waals surface area contributed by atoms with E-state index in [4.69, 9.17) is 4.74 Å². The maximum absolute atomic E-state index is 13.1. The summed E-state index contributed by atoms with van der Waals surface area (Å²) in [4.78, 5) is 15.4. The van der Waals surface area contributed by atoms with Crippen LogP contribution in [0.5, 0.6) is 0 Å². The van der Waals surface area contributed by atoms with Crippen LogP contribution >= 0.6 is 0 Å². The lowest BCUT2D eigenvalue weighted by atomic mass is 9.99. The molecule has 1 fully saturated rings. The molecule has 1 amide bonds. The van der Waals surface area contributed by atoms with Crippen molar-refractivity contribution in [2.45, 2.75) is 24.8 Å². The van der Waals surface area contributed by atoms with Crippen LogP contribution in [0, 0.1) is 6.92 Å². The third-order valence-electron chi connectivity index (χ3n) is 6.66. The van der Waals surface area contributed by atoms with Gasteiger partial charge in [-0.05, 0) is 66.4 Å². The Morgan fingerprint density at radius 1 is 0.914 bits per heavy atom. The van der Waals surface area contributed by atoms with Crippen molar-refractivity contribution in [3.63, 3.8) is 0 Å². The molecule has 8 heteroatoms. The number of carbonyl (C=O) groups is 1. The van der Waals surface area contributed by atoms with Gasteiger partial charge in [0, 0.05) is 43.1 Å². The summed E-state index contributed by atoms with van der Waals surface area (Å²) in [5, 5.41) is 2.85. The molecule has 5 rings (SSSR count). The highest BCUT2D eigenvalue weighted by Gasteiger charge is 2.28. The number of hydrogen-bond donors (Lipinski definition) is 1. The van der Waals surface area contributed by atoms with E-state index in [1.165, 1.54) is 21.5 Å². The van der Waals surface area contributed by atoms with Crippen LogP contribution in [-0.4, -0.2) is 51.5 Å². The molecular weight excluding hydrogens is 462 g/mol. The number of benzene rings is 3. The number of rotatable bonds is 5. The molecule has 0 unspecified atom stereocenters. The minimum atomic E-state index is -3.66. The van der Waals surface area contributed by atoms with Gasteiger partial charge in [0.05, 0.1) is 18.1 Å². The van der Waals surface area contributed by atoms with Gasteiger partial charge in [0.15, 0.2) is 0 Å². The Bertz CT molecular complexity index is 1330. The Kier molecular flexibility index (Phi) is 6.60. The molecule has 0 radical (unpaired) electrons. The standard InChI is InChI=1S/C27H29N3O4S/c1-20-6-9-24(18-26(20)35(32,33)30-14-16-34-17-15-30)28-27(31)22-7-10-25(11-8-22)29-13-12-21-4-2-3-5-23(21)19-29/h2-11,18H,12-17,19H2,1H3,(H,28,31). The summed E-state index contributed by atoms with van der Waals surface area (Å²) in [6.45, 7) is 4.97. The van der Waals surface area contributed by atoms with Crippen LogP contribution in [0.1, 0.15) is 27.0 Å². The normalized spacial score (nSPS) is 16.5. The predicted molar refractivity (Wildman–Crippen MR) is 136 cm³/mol. The number of ether oxygens (including phenoxy) is 1. The van der Waals surface area contributed by atoms with Crippen LogP contribution in [0.25, 0.3) is 0 Å². The van der Waals surface area contributed by atoms with Gasteiger partial charge in [0.2, 0.25) is 10.0 Å². The molecular formula is C27H29N3O4S. The first-order valence-electron chi connectivity index (χ1n) is 11.8. The maximum atomic E-state index is 13.1. The van der Waals surface area contributed by atoms with Crippen molar-refractivity contribution < 1.29 is 17.9 Å². The molecule has 2 aliphatic rings. The first-order chi connectivity index (χ1) is 16.9. The Hall–Kier alpha value is -3.20. The van der Waals surface area contributed by atoms with Crippen LogP contribution in [0.2, 0.25) is 0 Å². The highest BCUT2D eigenvalue weighted by Crippen LogP contribution is 2.26. The number of sulfonamides is 1. The molecule has 3 aromatic rings. The number of morpholine rings is 1. The molecule has 0 bridgehead atoms. The zero-order chi connectivity index (χ0) is 24.4. The van der Waals surface area contributed by atoms with Crippen molar-refractivity contribution in [3.05, 3.63) is 89.0 Å². The zero-order valence-corrected chi connectivity index (χ0v) is 20.6. The van der Waals surface area contributed by atoms with Gasteiger partial charge in [-0.3, -0.25) is 4.79 Å². The Morgan fingerprint density at radius 3 is 2.37 bits per heavy atom. The van der Waals surface area contributed by atoms with Crippen molar-refractivity contribution in [2.24, 2.45) is 0 Å². The van der Waals surface area contributed by atoms with Crippen LogP contribution in [0.4, 0.5) is 11.4 Å². The second-order valence-electron chi connectivity index (χ2n) is 8.94. The summed E-state index contributed by atoms with van der Waals surface area (Å²) < 4.78 is 33.0. The van der Waals surface area contributed by atoms with Crippen LogP contribution in [0.3, 0.4) is 0 Å². The minimum Gasteiger partial charge on any atom is -0.379 e. The molecule has 1 N–H and O–H groups in total. The molecule has 35 heavy (non-hydrogen) atoms. The fraction of sp³-hybridized carbons (Fsp3) is 0.296. The lowest BCUT2D eigenvalue weighted by Crippen LogP contribution is -2.40. The van der Waals surface area contributed by atoms with Crippen LogP contribution in [0.15, 0.2) is 71.6 Å². The molecule has 0 atom stereocenters. The number of anilines is 2. The van der Waals surface area contributed by atoms with Crippen LogP contribution < -0.4 is 10.2 Å². The SMILES string of the molecule is Cc1ccc(NC(=O)c2ccc(N3CCc4ccccc4C3)cc2)cc1S(=O)(=O)N1CCOCC1. The quantitative estimate of drug-likeness (QED) is 0.587. The highest BCUT2D eigenvalue weighted by molar-refractivity contribution is 7.89. The second-order valence-corrected chi connectivity index (χ2v) is 10.8. The van der Waals surface area contributed by atoms with Crippen molar-refractivity contribution in [3.8, 4) is 0 Å². The lowest BCUT2D eigenvalue weighted by Gasteiger charge is -2.30. The van der Waals surface area contributed by atoms with Gasteiger partial charge in [0.1, 0.15) is 0 Å². The van der Waals surface area contributed by atoms with Crippen molar-refractivity contribution in [1.29, 1.82) is 0 Å². The van der Waals surface area contributed by atoms with Gasteiger partial charge >= 0.3 is 0 Å². The largest absolute Gasteiger partial charge is 0.379 e. The van der Waals surface area contributed by atoms with E-state index in [0.717, 1.165) is 25.2 Å². The maximum Gasteiger partial charge on any atom is 0.255 e. The summed E-state index contributed by atoms with van der Waals surface area (Å²) in [6, 6.07) is 21.0. The van der Waals surface area contributed by atoms with Gasteiger partial charge in [-0.25, -0.2) is 8.42 Å². The van der Waals surface area contributed by atoms with Gasteiger partial charge in [-0.1, -0.05) is 30.3 Å². The topological polar surface area (TPSA) is 79.0 Å². The molecule has 2 aliphatic heterocycles. The molecule has 0 spiro atoms. The third kappa shape index (κ3) is 4.96. The van der Waals surface area contributed by atoms with Gasteiger partial charge in [0.25, 0.3) is 5.91 Å². The summed E-state index contributed by atoms with van der Waals surface area (Å²) in [7, 11) is -3.66. The summed E-state index contributed by atoms with van der Waals surface area (Å²) in [6.07, 6.45) is 1.00. The number of nitrogens with zero attached hydrogens (tertiary/aromatic N) is 2. The molecule has 0 aromatic heterocycles. The number of carbonyl (C=O) groups excluding carboxylic acids is 1. The lowest BCUT2D eigenvalue weighted by molar-refractivity contribution is 0.0730. The minimum absolute atomic E-state index is 0.206. The average molecular weight is 492 g/mol. The van der Waals surface area contributed by atoms with E-state index in [-0.39, 0.29) is 10.8 Å². The number of nitrogens with one attached hydrogen (secondary N) is 1. The van der Waals surface area contributed by atoms with Crippen molar-refractivity contribution in [1.82, 2.24) is 4.31 Å². The Balaban J connectivity index is 1.29. The van der Waals surface area contributed by atoms with E-state index in [1.807, 2.05) is 24.3 Å². The Labute approximate surface area is 206 Å². The van der Waals surface area contributed by atoms with E-state index in [9.17, 15) is 13.2 Å². The molecule has 0 aliphatic carbocycles. The van der Waals surface area contributed by atoms with E-state index < -0.39 is 10.0 Å². The van der Waals surface area contributed by atoms with Gasteiger partial charge < -0.3 is 15.0 Å². The van der Waals surface area contributed by atoms with Gasteiger partial charge in [-0.2, -0.15) is 4.31 Å². The number of aryl methyl sites for hydroxylation is 1. The van der Waals surface area contributed by atoms with E-state index in [2.05, 4.69) is 34.5 Å². The monoisotopic (exact) mass is 491 g/mol. The van der Waals surface area contributed by atoms with E-state index in [1.54, 1.807) is 19.1 Å². The average Bonchev–Trinajstić information content (AvgIpc) is 2.90. The third-order valence-corrected chi connectivity index (χ3v) is 8.70. The fourth-order valence-corrected chi connectivity index (χ4v) is 6.28. The summed E-state index contributed by atoms with van der Waals surface area (Å²) >= 11 is 0. The van der Waals surface area contributed by atoms with Crippen molar-refractivity contribution in [2.75, 3.05) is 43.1 Å². The summed E-state index contributed by atoms with van der Waals surface area (Å²) in [5.74, 6) is -0.279. The number of hydrogen-bond acceptors (Lipinski definition) is 5. The first-order valence-corrected chi connectivity index (χ1v) is 13.3. The van der Waals surface area contributed by atoms with E-state index >= 15 is 0 Å². The van der Waals surface area contributed by atoms with Crippen LogP contribution in [-0.2, 0) is 27.7 Å². The highest BCUT2D eigenvalue weighted by atomic mass is 32.2. The molecule has 1 saturated heterocycles. The number of fused-ring (bicyclic) bond motifs is 1. The molecule has 3 aromatic carbocycles. The predicted octanol–water partition coefficient (Wildman–Crippen LogP) is 3.83. The summed E-state index contributed by atoms with van der Waals surface area (Å²) in [5.41, 5.74) is 5.41. The smallest absolute Gasteiger partial charge is 0.255 e. The van der Waals surface area contributed by atoms with E-state index in [0.29, 0.717) is 43.1 Å². The molecule has 0 saturated carbocycles. The molecule has 182 valence electrons. The fourth-order valence-electron chi connectivity index (χ4n) is 4.62. The number of amides is 1. The van der Waals surface area contributed by atoms with Crippen molar-refractivity contribution >= 4 is 27.3 Å². The molecule has 7 nitrogen and oxygen atoms in total. The second kappa shape index (κ2) is 9.81. The first kappa shape index (κ1) is 23.5.